The van der Waals surface area contributed by atoms with Gasteiger partial charge in [-0.2, -0.15) is 0 Å². The molecule has 1 aromatic carbocycles. The molecular formula is C20H30IN5OS. The highest BCUT2D eigenvalue weighted by molar-refractivity contribution is 14.0. The topological polar surface area (TPSA) is 61.8 Å². The van der Waals surface area contributed by atoms with Gasteiger partial charge in [0.25, 0.3) is 0 Å². The number of aromatic nitrogens is 1. The Labute approximate surface area is 188 Å². The van der Waals surface area contributed by atoms with Crippen LogP contribution in [0.2, 0.25) is 0 Å². The second-order valence-electron chi connectivity index (χ2n) is 6.35. The molecule has 154 valence electrons. The molecule has 1 aliphatic heterocycles. The number of anilines is 1. The number of para-hydroxylation sites is 1. The summed E-state index contributed by atoms with van der Waals surface area (Å²) >= 11 is 1.75. The maximum absolute atomic E-state index is 5.48. The lowest BCUT2D eigenvalue weighted by Gasteiger charge is -2.30. The number of aliphatic imine (C=N–C) groups is 1. The number of aryl methyl sites for hydroxylation is 1. The number of hydrogen-bond acceptors (Lipinski definition) is 5. The quantitative estimate of drug-likeness (QED) is 0.336. The van der Waals surface area contributed by atoms with Crippen LogP contribution in [0.25, 0.3) is 0 Å². The van der Waals surface area contributed by atoms with Crippen molar-refractivity contribution in [1.82, 2.24) is 15.6 Å². The zero-order valence-corrected chi connectivity index (χ0v) is 19.8. The van der Waals surface area contributed by atoms with Crippen molar-refractivity contribution in [3.8, 4) is 0 Å². The van der Waals surface area contributed by atoms with E-state index in [0.717, 1.165) is 50.2 Å². The second-order valence-corrected chi connectivity index (χ2v) is 7.55. The fourth-order valence-electron chi connectivity index (χ4n) is 3.02. The van der Waals surface area contributed by atoms with E-state index >= 15 is 0 Å². The van der Waals surface area contributed by atoms with Crippen LogP contribution in [0.15, 0.2) is 35.5 Å². The summed E-state index contributed by atoms with van der Waals surface area (Å²) in [7, 11) is 0. The van der Waals surface area contributed by atoms with Crippen LogP contribution in [0.1, 0.15) is 29.3 Å². The van der Waals surface area contributed by atoms with Crippen molar-refractivity contribution in [2.45, 2.75) is 33.4 Å². The number of halogens is 1. The summed E-state index contributed by atoms with van der Waals surface area (Å²) in [6.07, 6.45) is 2.99. The van der Waals surface area contributed by atoms with E-state index in [0.29, 0.717) is 13.1 Å². The minimum Gasteiger partial charge on any atom is -0.378 e. The minimum atomic E-state index is 0. The van der Waals surface area contributed by atoms with E-state index in [4.69, 9.17) is 9.73 Å². The summed E-state index contributed by atoms with van der Waals surface area (Å²) in [5, 5.41) is 7.81. The first-order chi connectivity index (χ1) is 13.3. The first-order valence-corrected chi connectivity index (χ1v) is 10.5. The number of nitrogens with zero attached hydrogens (tertiary/aromatic N) is 3. The number of benzene rings is 1. The average molecular weight is 515 g/mol. The summed E-state index contributed by atoms with van der Waals surface area (Å²) in [5.74, 6) is 0.822. The van der Waals surface area contributed by atoms with Gasteiger partial charge in [-0.15, -0.1) is 35.3 Å². The van der Waals surface area contributed by atoms with Crippen LogP contribution in [0, 0.1) is 0 Å². The second kappa shape index (κ2) is 12.2. The number of guanidine groups is 1. The van der Waals surface area contributed by atoms with Crippen molar-refractivity contribution in [1.29, 1.82) is 0 Å². The average Bonchev–Trinajstić information content (AvgIpc) is 3.19. The molecule has 1 aromatic heterocycles. The molecule has 6 nitrogen and oxygen atoms in total. The molecule has 0 saturated carbocycles. The van der Waals surface area contributed by atoms with Gasteiger partial charge in [-0.05, 0) is 25.0 Å². The maximum Gasteiger partial charge on any atom is 0.191 e. The van der Waals surface area contributed by atoms with Crippen molar-refractivity contribution in [2.24, 2.45) is 4.99 Å². The fraction of sp³-hybridized carbons (Fsp3) is 0.500. The van der Waals surface area contributed by atoms with Gasteiger partial charge in [0.1, 0.15) is 5.01 Å². The molecule has 2 N–H and O–H groups in total. The third kappa shape index (κ3) is 6.59. The lowest BCUT2D eigenvalue weighted by atomic mass is 10.1. The van der Waals surface area contributed by atoms with Gasteiger partial charge < -0.3 is 20.3 Å². The lowest BCUT2D eigenvalue weighted by molar-refractivity contribution is 0.122. The van der Waals surface area contributed by atoms with Crippen molar-refractivity contribution >= 4 is 47.0 Å². The van der Waals surface area contributed by atoms with Crippen molar-refractivity contribution in [3.05, 3.63) is 45.9 Å². The molecule has 0 aliphatic carbocycles. The number of rotatable bonds is 7. The normalized spacial score (nSPS) is 14.5. The standard InChI is InChI=1S/C20H29N5OS.HI/c1-3-17-14-22-19(27-17)15-24-20(21-4-2)23-13-16-7-5-6-8-18(16)25-9-11-26-12-10-25;/h5-8,14H,3-4,9-13,15H2,1-2H3,(H2,21,23,24);1H. The van der Waals surface area contributed by atoms with E-state index in [1.54, 1.807) is 11.3 Å². The van der Waals surface area contributed by atoms with Crippen molar-refractivity contribution in [2.75, 3.05) is 37.7 Å². The summed E-state index contributed by atoms with van der Waals surface area (Å²) in [6.45, 7) is 9.84. The highest BCUT2D eigenvalue weighted by Gasteiger charge is 2.14. The molecule has 0 bridgehead atoms. The third-order valence-corrected chi connectivity index (χ3v) is 5.59. The number of ether oxygens (including phenoxy) is 1. The molecule has 0 atom stereocenters. The molecule has 8 heteroatoms. The van der Waals surface area contributed by atoms with E-state index in [1.165, 1.54) is 16.1 Å². The van der Waals surface area contributed by atoms with Crippen LogP contribution in [0.5, 0.6) is 0 Å². The van der Waals surface area contributed by atoms with E-state index in [-0.39, 0.29) is 24.0 Å². The number of morpholine rings is 1. The molecule has 1 fully saturated rings. The van der Waals surface area contributed by atoms with Crippen LogP contribution < -0.4 is 15.5 Å². The predicted octanol–water partition coefficient (Wildman–Crippen LogP) is 3.42. The minimum absolute atomic E-state index is 0. The van der Waals surface area contributed by atoms with Crippen molar-refractivity contribution in [3.63, 3.8) is 0 Å². The van der Waals surface area contributed by atoms with Crippen LogP contribution in [-0.4, -0.2) is 43.8 Å². The lowest BCUT2D eigenvalue weighted by Crippen LogP contribution is -2.37. The molecule has 2 heterocycles. The zero-order chi connectivity index (χ0) is 18.9. The number of hydrogen-bond donors (Lipinski definition) is 2. The Balaban J connectivity index is 0.00000280. The summed E-state index contributed by atoms with van der Waals surface area (Å²) in [5.41, 5.74) is 2.49. The van der Waals surface area contributed by atoms with E-state index in [1.807, 2.05) is 6.20 Å². The molecule has 0 radical (unpaired) electrons. The Kier molecular flexibility index (Phi) is 10.0. The monoisotopic (exact) mass is 515 g/mol. The van der Waals surface area contributed by atoms with Gasteiger partial charge in [0.15, 0.2) is 5.96 Å². The molecular weight excluding hydrogens is 485 g/mol. The first kappa shape index (κ1) is 22.9. The van der Waals surface area contributed by atoms with Gasteiger partial charge in [-0.3, -0.25) is 0 Å². The van der Waals surface area contributed by atoms with Gasteiger partial charge in [0.2, 0.25) is 0 Å². The predicted molar refractivity (Wildman–Crippen MR) is 128 cm³/mol. The fourth-order valence-corrected chi connectivity index (χ4v) is 3.82. The Hall–Kier alpha value is -1.39. The smallest absolute Gasteiger partial charge is 0.191 e. The Morgan fingerprint density at radius 1 is 1.21 bits per heavy atom. The van der Waals surface area contributed by atoms with Crippen molar-refractivity contribution < 1.29 is 4.74 Å². The van der Waals surface area contributed by atoms with Gasteiger partial charge in [-0.25, -0.2) is 9.98 Å². The SMILES string of the molecule is CCNC(=NCc1ccccc1N1CCOCC1)NCc1ncc(CC)s1.I. The van der Waals surface area contributed by atoms with E-state index < -0.39 is 0 Å². The van der Waals surface area contributed by atoms with Crippen LogP contribution in [0.4, 0.5) is 5.69 Å². The molecule has 28 heavy (non-hydrogen) atoms. The Morgan fingerprint density at radius 3 is 2.71 bits per heavy atom. The summed E-state index contributed by atoms with van der Waals surface area (Å²) in [4.78, 5) is 13.0. The third-order valence-electron chi connectivity index (χ3n) is 4.45. The molecule has 0 spiro atoms. The zero-order valence-electron chi connectivity index (χ0n) is 16.6. The molecule has 3 rings (SSSR count). The summed E-state index contributed by atoms with van der Waals surface area (Å²) in [6, 6.07) is 8.51. The molecule has 2 aromatic rings. The van der Waals surface area contributed by atoms with Gasteiger partial charge in [0.05, 0.1) is 26.3 Å². The van der Waals surface area contributed by atoms with Crippen LogP contribution in [-0.2, 0) is 24.2 Å². The van der Waals surface area contributed by atoms with E-state index in [2.05, 4.69) is 58.6 Å². The van der Waals surface area contributed by atoms with E-state index in [9.17, 15) is 0 Å². The van der Waals surface area contributed by atoms with Gasteiger partial charge >= 0.3 is 0 Å². The largest absolute Gasteiger partial charge is 0.378 e. The molecule has 0 unspecified atom stereocenters. The van der Waals surface area contributed by atoms with Crippen LogP contribution >= 0.6 is 35.3 Å². The Morgan fingerprint density at radius 2 is 2.00 bits per heavy atom. The molecule has 1 saturated heterocycles. The summed E-state index contributed by atoms with van der Waals surface area (Å²) < 4.78 is 5.48. The highest BCUT2D eigenvalue weighted by Crippen LogP contribution is 2.22. The first-order valence-electron chi connectivity index (χ1n) is 9.66. The maximum atomic E-state index is 5.48. The number of thiazole rings is 1. The highest BCUT2D eigenvalue weighted by atomic mass is 127. The number of nitrogens with one attached hydrogen (secondary N) is 2. The Bertz CT molecular complexity index is 746. The van der Waals surface area contributed by atoms with Crippen LogP contribution in [0.3, 0.4) is 0 Å². The molecule has 1 aliphatic rings. The molecule has 0 amide bonds. The van der Waals surface area contributed by atoms with Gasteiger partial charge in [-0.1, -0.05) is 25.1 Å². The van der Waals surface area contributed by atoms with Gasteiger partial charge in [0, 0.05) is 36.4 Å².